The van der Waals surface area contributed by atoms with Gasteiger partial charge in [-0.25, -0.2) is 9.37 Å². The lowest BCUT2D eigenvalue weighted by Crippen LogP contribution is -2.23. The fraction of sp³-hybridized carbons (Fsp3) is 0.0769. The van der Waals surface area contributed by atoms with Crippen LogP contribution in [0.1, 0.15) is 27.2 Å². The monoisotopic (exact) mass is 471 g/mol. The second-order valence-corrected chi connectivity index (χ2v) is 8.34. The summed E-state index contributed by atoms with van der Waals surface area (Å²) in [5, 5.41) is 5.21. The fourth-order valence-corrected chi connectivity index (χ4v) is 4.06. The first-order chi connectivity index (χ1) is 16.5. The van der Waals surface area contributed by atoms with E-state index in [0.29, 0.717) is 33.3 Å². The standard InChI is InChI=1S/C26H19ClFN5O/c27-19-11-18-9-15(1-4-23(18)32-14-19)10-20-12-16(5-7-30-20)26(34)33-13-17-2-3-22-21(24(17)28)6-8-31-25(22)29/h1-9,11-12,14H,10,13H2,(H2,29,31)(H,33,34). The van der Waals surface area contributed by atoms with Gasteiger partial charge in [-0.1, -0.05) is 29.8 Å². The molecule has 0 aliphatic carbocycles. The van der Waals surface area contributed by atoms with Gasteiger partial charge >= 0.3 is 0 Å². The Kier molecular flexibility index (Phi) is 5.77. The Morgan fingerprint density at radius 2 is 1.82 bits per heavy atom. The van der Waals surface area contributed by atoms with Crippen molar-refractivity contribution >= 4 is 45.0 Å². The molecule has 6 nitrogen and oxygen atoms in total. The summed E-state index contributed by atoms with van der Waals surface area (Å²) in [5.74, 6) is -0.470. The summed E-state index contributed by atoms with van der Waals surface area (Å²) in [7, 11) is 0. The molecule has 5 rings (SSSR count). The Hall–Kier alpha value is -4.10. The first-order valence-electron chi connectivity index (χ1n) is 10.6. The van der Waals surface area contributed by atoms with E-state index in [1.165, 1.54) is 6.20 Å². The summed E-state index contributed by atoms with van der Waals surface area (Å²) in [6.07, 6.45) is 5.21. The van der Waals surface area contributed by atoms with Crippen molar-refractivity contribution in [2.45, 2.75) is 13.0 Å². The number of rotatable bonds is 5. The third kappa shape index (κ3) is 4.38. The average Bonchev–Trinajstić information content (AvgIpc) is 2.84. The molecule has 3 heterocycles. The molecule has 0 saturated heterocycles. The number of anilines is 1. The molecule has 0 aliphatic heterocycles. The van der Waals surface area contributed by atoms with Crippen molar-refractivity contribution in [1.82, 2.24) is 20.3 Å². The van der Waals surface area contributed by atoms with Crippen LogP contribution in [0.3, 0.4) is 0 Å². The van der Waals surface area contributed by atoms with Crippen LogP contribution in [0.4, 0.5) is 10.2 Å². The first kappa shape index (κ1) is 21.7. The number of nitrogen functional groups attached to an aromatic ring is 1. The SMILES string of the molecule is Nc1nccc2c(F)c(CNC(=O)c3ccnc(Cc4ccc5ncc(Cl)cc5c4)c3)ccc12. The summed E-state index contributed by atoms with van der Waals surface area (Å²) < 4.78 is 14.9. The van der Waals surface area contributed by atoms with Gasteiger partial charge in [0.05, 0.1) is 10.5 Å². The van der Waals surface area contributed by atoms with Gasteiger partial charge in [-0.15, -0.1) is 0 Å². The Bertz CT molecular complexity index is 1560. The van der Waals surface area contributed by atoms with Crippen molar-refractivity contribution in [1.29, 1.82) is 0 Å². The van der Waals surface area contributed by atoms with Crippen molar-refractivity contribution < 1.29 is 9.18 Å². The number of carbonyl (C=O) groups is 1. The van der Waals surface area contributed by atoms with Gasteiger partial charge in [0.15, 0.2) is 0 Å². The lowest BCUT2D eigenvalue weighted by Gasteiger charge is -2.10. The smallest absolute Gasteiger partial charge is 0.251 e. The van der Waals surface area contributed by atoms with Crippen molar-refractivity contribution in [2.24, 2.45) is 0 Å². The molecule has 0 saturated carbocycles. The molecule has 0 unspecified atom stereocenters. The zero-order chi connectivity index (χ0) is 23.7. The summed E-state index contributed by atoms with van der Waals surface area (Å²) in [5.41, 5.74) is 9.24. The van der Waals surface area contributed by atoms with Crippen molar-refractivity contribution in [2.75, 3.05) is 5.73 Å². The van der Waals surface area contributed by atoms with Crippen molar-refractivity contribution in [3.63, 3.8) is 0 Å². The Morgan fingerprint density at radius 1 is 0.971 bits per heavy atom. The third-order valence-electron chi connectivity index (χ3n) is 5.61. The number of nitrogens with two attached hydrogens (primary N) is 1. The molecule has 34 heavy (non-hydrogen) atoms. The summed E-state index contributed by atoms with van der Waals surface area (Å²) in [6.45, 7) is 0.0406. The van der Waals surface area contributed by atoms with Gasteiger partial charge in [0.2, 0.25) is 0 Å². The van der Waals surface area contributed by atoms with Crippen molar-refractivity contribution in [3.05, 3.63) is 106 Å². The molecule has 0 aliphatic rings. The Balaban J connectivity index is 1.31. The molecule has 168 valence electrons. The number of nitrogens with zero attached hydrogens (tertiary/aromatic N) is 3. The molecular weight excluding hydrogens is 453 g/mol. The Labute approximate surface area is 199 Å². The molecule has 0 atom stereocenters. The minimum absolute atomic E-state index is 0.0406. The van der Waals surface area contributed by atoms with Gasteiger partial charge in [0.1, 0.15) is 11.6 Å². The van der Waals surface area contributed by atoms with Crippen LogP contribution < -0.4 is 11.1 Å². The van der Waals surface area contributed by atoms with Crippen LogP contribution in [0.25, 0.3) is 21.7 Å². The minimum Gasteiger partial charge on any atom is -0.383 e. The fourth-order valence-electron chi connectivity index (χ4n) is 3.89. The van der Waals surface area contributed by atoms with E-state index in [0.717, 1.165) is 22.2 Å². The highest BCUT2D eigenvalue weighted by molar-refractivity contribution is 6.31. The number of fused-ring (bicyclic) bond motifs is 2. The molecule has 1 amide bonds. The van der Waals surface area contributed by atoms with Gasteiger partial charge in [-0.05, 0) is 42.0 Å². The third-order valence-corrected chi connectivity index (χ3v) is 5.81. The van der Waals surface area contributed by atoms with Crippen molar-refractivity contribution in [3.8, 4) is 0 Å². The normalized spacial score (nSPS) is 11.1. The van der Waals surface area contributed by atoms with Crippen LogP contribution in [0, 0.1) is 5.82 Å². The Morgan fingerprint density at radius 3 is 2.71 bits per heavy atom. The number of carbonyl (C=O) groups excluding carboxylic acids is 1. The van der Waals surface area contributed by atoms with E-state index in [9.17, 15) is 9.18 Å². The van der Waals surface area contributed by atoms with E-state index in [-0.39, 0.29) is 18.3 Å². The second kappa shape index (κ2) is 9.03. The van der Waals surface area contributed by atoms with Crippen LogP contribution >= 0.6 is 11.6 Å². The molecule has 3 N–H and O–H groups in total. The molecule has 0 fully saturated rings. The largest absolute Gasteiger partial charge is 0.383 e. The van der Waals surface area contributed by atoms with E-state index in [1.807, 2.05) is 24.3 Å². The highest BCUT2D eigenvalue weighted by Gasteiger charge is 2.12. The van der Waals surface area contributed by atoms with E-state index >= 15 is 0 Å². The molecular formula is C26H19ClFN5O. The van der Waals surface area contributed by atoms with E-state index < -0.39 is 5.82 Å². The summed E-state index contributed by atoms with van der Waals surface area (Å²) in [6, 6.07) is 16.0. The number of aromatic nitrogens is 3. The maximum atomic E-state index is 14.9. The summed E-state index contributed by atoms with van der Waals surface area (Å²) in [4.78, 5) is 25.4. The molecule has 2 aromatic carbocycles. The van der Waals surface area contributed by atoms with E-state index in [2.05, 4.69) is 20.3 Å². The summed E-state index contributed by atoms with van der Waals surface area (Å²) >= 11 is 6.06. The van der Waals surface area contributed by atoms with Crippen LogP contribution in [-0.4, -0.2) is 20.9 Å². The maximum Gasteiger partial charge on any atom is 0.251 e. The predicted molar refractivity (Wildman–Crippen MR) is 131 cm³/mol. The van der Waals surface area contributed by atoms with Gasteiger partial charge in [-0.2, -0.15) is 0 Å². The molecule has 0 spiro atoms. The molecule has 5 aromatic rings. The van der Waals surface area contributed by atoms with Crippen LogP contribution in [0.2, 0.25) is 5.02 Å². The topological polar surface area (TPSA) is 93.8 Å². The lowest BCUT2D eigenvalue weighted by atomic mass is 10.0. The van der Waals surface area contributed by atoms with Crippen LogP contribution in [-0.2, 0) is 13.0 Å². The van der Waals surface area contributed by atoms with E-state index in [4.69, 9.17) is 17.3 Å². The van der Waals surface area contributed by atoms with Gasteiger partial charge in [-0.3, -0.25) is 14.8 Å². The highest BCUT2D eigenvalue weighted by Crippen LogP contribution is 2.24. The number of pyridine rings is 3. The second-order valence-electron chi connectivity index (χ2n) is 7.91. The molecule has 8 heteroatoms. The van der Waals surface area contributed by atoms with Gasteiger partial charge in [0, 0.05) is 64.5 Å². The first-order valence-corrected chi connectivity index (χ1v) is 10.9. The lowest BCUT2D eigenvalue weighted by molar-refractivity contribution is 0.0950. The highest BCUT2D eigenvalue weighted by atomic mass is 35.5. The minimum atomic E-state index is -0.423. The van der Waals surface area contributed by atoms with Crippen LogP contribution in [0.5, 0.6) is 0 Å². The zero-order valence-electron chi connectivity index (χ0n) is 17.9. The molecule has 0 bridgehead atoms. The maximum absolute atomic E-state index is 14.9. The molecule has 3 aromatic heterocycles. The van der Waals surface area contributed by atoms with Crippen LogP contribution in [0.15, 0.2) is 73.2 Å². The number of benzene rings is 2. The van der Waals surface area contributed by atoms with E-state index in [1.54, 1.807) is 42.7 Å². The quantitative estimate of drug-likeness (QED) is 0.373. The molecule has 0 radical (unpaired) electrons. The van der Waals surface area contributed by atoms with Gasteiger partial charge in [0.25, 0.3) is 5.91 Å². The number of halogens is 2. The number of hydrogen-bond acceptors (Lipinski definition) is 5. The number of amides is 1. The average molecular weight is 472 g/mol. The van der Waals surface area contributed by atoms with Gasteiger partial charge < -0.3 is 11.1 Å². The number of nitrogens with one attached hydrogen (secondary N) is 1. The zero-order valence-corrected chi connectivity index (χ0v) is 18.7. The predicted octanol–water partition coefficient (Wildman–Crippen LogP) is 5.07. The number of hydrogen-bond donors (Lipinski definition) is 2.